The van der Waals surface area contributed by atoms with Crippen molar-refractivity contribution >= 4 is 27.0 Å². The summed E-state index contributed by atoms with van der Waals surface area (Å²) in [4.78, 5) is 14.6. The Kier molecular flexibility index (Phi) is 10.0. The molecule has 0 aromatic heterocycles. The average molecular weight is 549 g/mol. The van der Waals surface area contributed by atoms with Gasteiger partial charge in [0.1, 0.15) is 0 Å². The van der Waals surface area contributed by atoms with E-state index < -0.39 is 40.0 Å². The highest BCUT2D eigenvalue weighted by Gasteiger charge is 2.62. The molecular formula is C24H21F5O5S2. The predicted octanol–water partition coefficient (Wildman–Crippen LogP) is 5.79. The predicted molar refractivity (Wildman–Crippen MR) is 122 cm³/mol. The first kappa shape index (κ1) is 29.3. The Balaban J connectivity index is 0.000000256. The van der Waals surface area contributed by atoms with Gasteiger partial charge in [-0.1, -0.05) is 61.5 Å². The first-order valence-corrected chi connectivity index (χ1v) is 12.9. The molecular weight excluding hydrogens is 527 g/mol. The zero-order valence-corrected chi connectivity index (χ0v) is 20.3. The van der Waals surface area contributed by atoms with Crippen LogP contribution in [0.4, 0.5) is 22.0 Å². The molecule has 0 saturated heterocycles. The molecule has 0 amide bonds. The minimum atomic E-state index is -6.62. The van der Waals surface area contributed by atoms with E-state index in [1.807, 2.05) is 0 Å². The Morgan fingerprint density at radius 3 is 1.39 bits per heavy atom. The van der Waals surface area contributed by atoms with Crippen molar-refractivity contribution in [3.63, 3.8) is 0 Å². The Labute approximate surface area is 208 Å². The largest absolute Gasteiger partial charge is 0.743 e. The van der Waals surface area contributed by atoms with Gasteiger partial charge in [0.25, 0.3) is 6.10 Å². The van der Waals surface area contributed by atoms with Crippen LogP contribution in [0.3, 0.4) is 0 Å². The smallest absolute Gasteiger partial charge is 0.432 e. The highest BCUT2D eigenvalue weighted by Crippen LogP contribution is 2.38. The number of carbonyl (C=O) groups excluding carboxylic acids is 1. The van der Waals surface area contributed by atoms with Gasteiger partial charge in [-0.05, 0) is 36.4 Å². The van der Waals surface area contributed by atoms with Crippen LogP contribution in [-0.2, 0) is 30.5 Å². The van der Waals surface area contributed by atoms with E-state index in [2.05, 4.69) is 95.7 Å². The third-order valence-corrected chi connectivity index (χ3v) is 7.52. The van der Waals surface area contributed by atoms with Crippen LogP contribution in [0.25, 0.3) is 0 Å². The summed E-state index contributed by atoms with van der Waals surface area (Å²) >= 11 is 0. The molecule has 0 aliphatic carbocycles. The molecule has 0 aliphatic rings. The first-order chi connectivity index (χ1) is 16.8. The molecule has 0 heterocycles. The van der Waals surface area contributed by atoms with Crippen LogP contribution in [-0.4, -0.2) is 36.5 Å². The maximum atomic E-state index is 12.7. The Morgan fingerprint density at radius 1 is 0.806 bits per heavy atom. The number of esters is 1. The summed E-state index contributed by atoms with van der Waals surface area (Å²) in [6.45, 7) is 1.000. The third-order valence-electron chi connectivity index (χ3n) is 4.41. The van der Waals surface area contributed by atoms with Crippen molar-refractivity contribution in [2.45, 2.75) is 45.6 Å². The summed E-state index contributed by atoms with van der Waals surface area (Å²) in [5.41, 5.74) is 0. The fourth-order valence-electron chi connectivity index (χ4n) is 2.75. The van der Waals surface area contributed by atoms with Crippen molar-refractivity contribution in [2.75, 3.05) is 0 Å². The van der Waals surface area contributed by atoms with Gasteiger partial charge in [0.2, 0.25) is 0 Å². The van der Waals surface area contributed by atoms with Crippen LogP contribution in [0.1, 0.15) is 13.3 Å². The van der Waals surface area contributed by atoms with Crippen molar-refractivity contribution < 1.29 is 44.5 Å². The molecule has 3 aromatic carbocycles. The molecule has 0 radical (unpaired) electrons. The SMILES string of the molecule is CCC(=O)OC(C(F)(F)F)C(F)(F)S(=O)(=O)[O-].c1ccc([S+](c2ccccc2)c2ccccc2)cc1. The summed E-state index contributed by atoms with van der Waals surface area (Å²) in [6.07, 6.45) is -10.9. The molecule has 12 heteroatoms. The zero-order valence-electron chi connectivity index (χ0n) is 18.7. The minimum Gasteiger partial charge on any atom is -0.743 e. The van der Waals surface area contributed by atoms with Crippen molar-refractivity contribution in [3.05, 3.63) is 91.0 Å². The van der Waals surface area contributed by atoms with Crippen LogP contribution in [0.15, 0.2) is 106 Å². The lowest BCUT2D eigenvalue weighted by molar-refractivity contribution is -0.259. The summed E-state index contributed by atoms with van der Waals surface area (Å²) in [5.74, 6) is -1.71. The van der Waals surface area contributed by atoms with E-state index in [9.17, 15) is 39.7 Å². The molecule has 0 N–H and O–H groups in total. The number of hydrogen-bond donors (Lipinski definition) is 0. The molecule has 0 fully saturated rings. The molecule has 3 aromatic rings. The maximum absolute atomic E-state index is 12.7. The number of halogens is 5. The lowest BCUT2D eigenvalue weighted by atomic mass is 10.3. The topological polar surface area (TPSA) is 83.5 Å². The van der Waals surface area contributed by atoms with Crippen LogP contribution in [0.5, 0.6) is 0 Å². The summed E-state index contributed by atoms with van der Waals surface area (Å²) in [7, 11) is -6.63. The zero-order chi connectivity index (χ0) is 27.0. The van der Waals surface area contributed by atoms with Crippen molar-refractivity contribution in [2.24, 2.45) is 0 Å². The van der Waals surface area contributed by atoms with Gasteiger partial charge >= 0.3 is 17.4 Å². The second-order valence-corrected chi connectivity index (χ2v) is 10.5. The van der Waals surface area contributed by atoms with Gasteiger partial charge in [-0.3, -0.25) is 4.79 Å². The van der Waals surface area contributed by atoms with Gasteiger partial charge in [0.05, 0.1) is 10.9 Å². The van der Waals surface area contributed by atoms with Crippen LogP contribution in [0.2, 0.25) is 0 Å². The molecule has 0 spiro atoms. The molecule has 3 rings (SSSR count). The number of ether oxygens (including phenoxy) is 1. The second kappa shape index (κ2) is 12.3. The molecule has 0 saturated carbocycles. The Morgan fingerprint density at radius 2 is 1.14 bits per heavy atom. The quantitative estimate of drug-likeness (QED) is 0.162. The highest BCUT2D eigenvalue weighted by atomic mass is 32.2. The lowest BCUT2D eigenvalue weighted by Gasteiger charge is -2.29. The fourth-order valence-corrected chi connectivity index (χ4v) is 5.30. The minimum absolute atomic E-state index is 0.0146. The van der Waals surface area contributed by atoms with E-state index in [1.54, 1.807) is 0 Å². The maximum Gasteiger partial charge on any atom is 0.432 e. The molecule has 0 bridgehead atoms. The molecule has 5 nitrogen and oxygen atoms in total. The van der Waals surface area contributed by atoms with Gasteiger partial charge in [0, 0.05) is 6.42 Å². The van der Waals surface area contributed by atoms with Crippen LogP contribution >= 0.6 is 0 Å². The molecule has 194 valence electrons. The first-order valence-electron chi connectivity index (χ1n) is 10.3. The van der Waals surface area contributed by atoms with Gasteiger partial charge in [-0.25, -0.2) is 8.42 Å². The fraction of sp³-hybridized carbons (Fsp3) is 0.208. The number of benzene rings is 3. The molecule has 1 atom stereocenters. The third kappa shape index (κ3) is 7.77. The summed E-state index contributed by atoms with van der Waals surface area (Å²) < 4.78 is 94.9. The standard InChI is InChI=1S/C18H15S.C6H7F5O5S/c1-4-10-16(11-5-1)19(17-12-6-2-7-13-17)18-14-8-3-9-15-18;1-2-3(12)16-4(5(7,8)9)6(10,11)17(13,14)15/h1-15H;4H,2H2,1H3,(H,13,14,15)/q+1;/p-1. The van der Waals surface area contributed by atoms with Gasteiger partial charge in [0.15, 0.2) is 24.8 Å². The Hall–Kier alpha value is -2.96. The summed E-state index contributed by atoms with van der Waals surface area (Å²) in [6, 6.07) is 32.2. The van der Waals surface area contributed by atoms with E-state index in [4.69, 9.17) is 0 Å². The van der Waals surface area contributed by atoms with Gasteiger partial charge < -0.3 is 9.29 Å². The average Bonchev–Trinajstić information content (AvgIpc) is 2.83. The Bertz CT molecular complexity index is 1110. The number of rotatable bonds is 7. The van der Waals surface area contributed by atoms with Crippen molar-refractivity contribution in [1.29, 1.82) is 0 Å². The van der Waals surface area contributed by atoms with Gasteiger partial charge in [-0.2, -0.15) is 22.0 Å². The monoisotopic (exact) mass is 548 g/mol. The summed E-state index contributed by atoms with van der Waals surface area (Å²) in [5, 5.41) is -5.78. The van der Waals surface area contributed by atoms with Crippen molar-refractivity contribution in [1.82, 2.24) is 0 Å². The number of hydrogen-bond acceptors (Lipinski definition) is 5. The lowest BCUT2D eigenvalue weighted by Crippen LogP contribution is -2.52. The molecule has 1 unspecified atom stereocenters. The van der Waals surface area contributed by atoms with E-state index in [0.29, 0.717) is 0 Å². The van der Waals surface area contributed by atoms with Crippen LogP contribution in [0, 0.1) is 0 Å². The van der Waals surface area contributed by atoms with E-state index >= 15 is 0 Å². The van der Waals surface area contributed by atoms with Crippen LogP contribution < -0.4 is 0 Å². The highest BCUT2D eigenvalue weighted by molar-refractivity contribution is 7.97. The van der Waals surface area contributed by atoms with Crippen molar-refractivity contribution in [3.8, 4) is 0 Å². The van der Waals surface area contributed by atoms with Gasteiger partial charge in [-0.15, -0.1) is 0 Å². The van der Waals surface area contributed by atoms with E-state index in [-0.39, 0.29) is 10.9 Å². The number of alkyl halides is 5. The van der Waals surface area contributed by atoms with E-state index in [0.717, 1.165) is 6.92 Å². The second-order valence-electron chi connectivity index (χ2n) is 7.03. The van der Waals surface area contributed by atoms with E-state index in [1.165, 1.54) is 14.7 Å². The molecule has 36 heavy (non-hydrogen) atoms. The normalized spacial score (nSPS) is 12.9. The number of carbonyl (C=O) groups is 1. The molecule has 0 aliphatic heterocycles.